The lowest BCUT2D eigenvalue weighted by atomic mass is 9.68. The molecule has 0 spiro atoms. The number of nitrogens with zero attached hydrogens (tertiary/aromatic N) is 1. The Labute approximate surface area is 116 Å². The van der Waals surface area contributed by atoms with Gasteiger partial charge in [-0.3, -0.25) is 9.69 Å². The molecule has 3 fully saturated rings. The number of rotatable bonds is 4. The summed E-state index contributed by atoms with van der Waals surface area (Å²) in [7, 11) is 1.60. The van der Waals surface area contributed by atoms with E-state index in [2.05, 4.69) is 25.7 Å². The van der Waals surface area contributed by atoms with Crippen molar-refractivity contribution in [1.82, 2.24) is 4.90 Å². The van der Waals surface area contributed by atoms with Gasteiger partial charge in [-0.15, -0.1) is 0 Å². The number of aliphatic hydroxyl groups is 1. The number of methoxy groups -OCH3 is 1. The highest BCUT2D eigenvalue weighted by Gasteiger charge is 2.56. The van der Waals surface area contributed by atoms with Gasteiger partial charge in [-0.25, -0.2) is 0 Å². The highest BCUT2D eigenvalue weighted by atomic mass is 16.5. The number of ether oxygens (including phenoxy) is 1. The van der Waals surface area contributed by atoms with Gasteiger partial charge in [-0.05, 0) is 24.7 Å². The van der Waals surface area contributed by atoms with E-state index >= 15 is 0 Å². The van der Waals surface area contributed by atoms with E-state index < -0.39 is 5.54 Å². The lowest BCUT2D eigenvalue weighted by Gasteiger charge is -2.56. The molecule has 0 radical (unpaired) electrons. The number of piperidine rings is 3. The molecule has 3 heterocycles. The number of fused-ring (bicyclic) bond motifs is 3. The van der Waals surface area contributed by atoms with Gasteiger partial charge in [0.05, 0.1) is 13.2 Å². The largest absolute Gasteiger partial charge is 0.394 e. The monoisotopic (exact) mass is 269 g/mol. The molecule has 0 aliphatic carbocycles. The van der Waals surface area contributed by atoms with Crippen LogP contribution in [0.2, 0.25) is 0 Å². The van der Waals surface area contributed by atoms with Crippen molar-refractivity contribution in [1.29, 1.82) is 0 Å². The Hall–Kier alpha value is -0.450. The average Bonchev–Trinajstić information content (AvgIpc) is 2.32. The fourth-order valence-electron chi connectivity index (χ4n) is 3.88. The molecular formula is C15H27NO3. The quantitative estimate of drug-likeness (QED) is 0.839. The van der Waals surface area contributed by atoms with E-state index in [-0.39, 0.29) is 23.7 Å². The van der Waals surface area contributed by atoms with Crippen LogP contribution < -0.4 is 0 Å². The Kier molecular flexibility index (Phi) is 4.05. The molecule has 110 valence electrons. The summed E-state index contributed by atoms with van der Waals surface area (Å²) in [6.45, 7) is 7.77. The molecule has 0 amide bonds. The van der Waals surface area contributed by atoms with Crippen molar-refractivity contribution in [3.63, 3.8) is 0 Å². The second-order valence-corrected chi connectivity index (χ2v) is 7.32. The Morgan fingerprint density at radius 2 is 2.16 bits per heavy atom. The van der Waals surface area contributed by atoms with Crippen LogP contribution in [0.5, 0.6) is 0 Å². The van der Waals surface area contributed by atoms with E-state index in [0.717, 1.165) is 25.8 Å². The standard InChI is InChI=1S/C15H27NO3/c1-14(2,3)8-12-7-11-5-6-16(12)15(9-17,10-19-4)13(11)18/h11-12,17H,5-10H2,1-4H3. The van der Waals surface area contributed by atoms with Crippen molar-refractivity contribution in [3.05, 3.63) is 0 Å². The summed E-state index contributed by atoms with van der Waals surface area (Å²) in [6.07, 6.45) is 2.94. The van der Waals surface area contributed by atoms with Gasteiger partial charge in [0.15, 0.2) is 5.78 Å². The predicted octanol–water partition coefficient (Wildman–Crippen LogP) is 1.46. The zero-order chi connectivity index (χ0) is 14.3. The summed E-state index contributed by atoms with van der Waals surface area (Å²) in [5.41, 5.74) is -0.550. The minimum Gasteiger partial charge on any atom is -0.394 e. The van der Waals surface area contributed by atoms with Gasteiger partial charge in [0.25, 0.3) is 0 Å². The molecule has 0 aromatic carbocycles. The smallest absolute Gasteiger partial charge is 0.161 e. The number of hydrogen-bond acceptors (Lipinski definition) is 4. The molecule has 0 aromatic heterocycles. The van der Waals surface area contributed by atoms with Crippen LogP contribution in [0, 0.1) is 11.3 Å². The number of Topliss-reactive ketones (excluding diaryl/α,β-unsaturated/α-hetero) is 1. The molecule has 0 aromatic rings. The van der Waals surface area contributed by atoms with Gasteiger partial charge in [-0.2, -0.15) is 0 Å². The summed E-state index contributed by atoms with van der Waals surface area (Å²) in [5, 5.41) is 9.84. The van der Waals surface area contributed by atoms with Crippen molar-refractivity contribution < 1.29 is 14.6 Å². The van der Waals surface area contributed by atoms with E-state index in [1.165, 1.54) is 0 Å². The topological polar surface area (TPSA) is 49.8 Å². The molecule has 3 saturated heterocycles. The molecule has 2 bridgehead atoms. The van der Waals surface area contributed by atoms with Crippen molar-refractivity contribution in [2.75, 3.05) is 26.9 Å². The second kappa shape index (κ2) is 5.15. The van der Waals surface area contributed by atoms with Gasteiger partial charge in [0, 0.05) is 25.6 Å². The first kappa shape index (κ1) is 14.9. The first-order valence-corrected chi connectivity index (χ1v) is 7.25. The first-order valence-electron chi connectivity index (χ1n) is 7.25. The van der Waals surface area contributed by atoms with E-state index in [0.29, 0.717) is 12.6 Å². The Balaban J connectivity index is 2.26. The van der Waals surface area contributed by atoms with Crippen LogP contribution in [0.3, 0.4) is 0 Å². The molecule has 3 aliphatic heterocycles. The number of carbonyl (C=O) groups is 1. The van der Waals surface area contributed by atoms with Crippen LogP contribution in [0.1, 0.15) is 40.0 Å². The zero-order valence-electron chi connectivity index (χ0n) is 12.6. The maximum atomic E-state index is 12.6. The molecular weight excluding hydrogens is 242 g/mol. The van der Waals surface area contributed by atoms with E-state index in [1.807, 2.05) is 0 Å². The van der Waals surface area contributed by atoms with Gasteiger partial charge in [-0.1, -0.05) is 20.8 Å². The zero-order valence-corrected chi connectivity index (χ0v) is 12.6. The highest BCUT2D eigenvalue weighted by Crippen LogP contribution is 2.43. The number of hydrogen-bond donors (Lipinski definition) is 1. The third kappa shape index (κ3) is 2.58. The summed E-state index contributed by atoms with van der Waals surface area (Å²) in [5.74, 6) is 0.299. The van der Waals surface area contributed by atoms with Crippen LogP contribution in [-0.4, -0.2) is 54.2 Å². The summed E-state index contributed by atoms with van der Waals surface area (Å²) in [6, 6.07) is 0.388. The SMILES string of the molecule is COCC1(CO)C(=O)C2CCN1C(CC(C)(C)C)C2. The summed E-state index contributed by atoms with van der Waals surface area (Å²) >= 11 is 0. The van der Waals surface area contributed by atoms with Crippen LogP contribution in [-0.2, 0) is 9.53 Å². The lowest BCUT2D eigenvalue weighted by molar-refractivity contribution is -0.167. The molecule has 4 nitrogen and oxygen atoms in total. The lowest BCUT2D eigenvalue weighted by Crippen LogP contribution is -2.72. The van der Waals surface area contributed by atoms with E-state index in [4.69, 9.17) is 4.74 Å². The molecule has 0 saturated carbocycles. The fourth-order valence-corrected chi connectivity index (χ4v) is 3.88. The van der Waals surface area contributed by atoms with Crippen molar-refractivity contribution in [2.45, 2.75) is 51.6 Å². The highest BCUT2D eigenvalue weighted by molar-refractivity contribution is 5.92. The van der Waals surface area contributed by atoms with Crippen LogP contribution in [0.15, 0.2) is 0 Å². The van der Waals surface area contributed by atoms with Crippen LogP contribution in [0.4, 0.5) is 0 Å². The van der Waals surface area contributed by atoms with Gasteiger partial charge >= 0.3 is 0 Å². The third-order valence-corrected chi connectivity index (χ3v) is 4.59. The average molecular weight is 269 g/mol. The summed E-state index contributed by atoms with van der Waals surface area (Å²) in [4.78, 5) is 14.8. The first-order chi connectivity index (χ1) is 8.84. The predicted molar refractivity (Wildman–Crippen MR) is 74.0 cm³/mol. The van der Waals surface area contributed by atoms with Crippen molar-refractivity contribution in [3.8, 4) is 0 Å². The molecule has 19 heavy (non-hydrogen) atoms. The minimum atomic E-state index is -0.786. The maximum Gasteiger partial charge on any atom is 0.161 e. The maximum absolute atomic E-state index is 12.6. The number of ketones is 1. The van der Waals surface area contributed by atoms with Gasteiger partial charge < -0.3 is 9.84 Å². The Morgan fingerprint density at radius 1 is 1.47 bits per heavy atom. The third-order valence-electron chi connectivity index (χ3n) is 4.59. The fraction of sp³-hybridized carbons (Fsp3) is 0.933. The molecule has 3 aliphatic rings. The van der Waals surface area contributed by atoms with Crippen LogP contribution >= 0.6 is 0 Å². The molecule has 4 atom stereocenters. The second-order valence-electron chi connectivity index (χ2n) is 7.32. The minimum absolute atomic E-state index is 0.111. The van der Waals surface area contributed by atoms with Crippen molar-refractivity contribution >= 4 is 5.78 Å². The summed E-state index contributed by atoms with van der Waals surface area (Å²) < 4.78 is 5.25. The molecule has 4 unspecified atom stereocenters. The van der Waals surface area contributed by atoms with E-state index in [1.54, 1.807) is 7.11 Å². The Morgan fingerprint density at radius 3 is 2.68 bits per heavy atom. The molecule has 4 heteroatoms. The molecule has 1 N–H and O–H groups in total. The Bertz CT molecular complexity index is 350. The number of aliphatic hydroxyl groups excluding tert-OH is 1. The van der Waals surface area contributed by atoms with Crippen LogP contribution in [0.25, 0.3) is 0 Å². The number of carbonyl (C=O) groups excluding carboxylic acids is 1. The molecule has 3 rings (SSSR count). The van der Waals surface area contributed by atoms with E-state index in [9.17, 15) is 9.90 Å². The normalized spacial score (nSPS) is 38.8. The van der Waals surface area contributed by atoms with Crippen molar-refractivity contribution in [2.24, 2.45) is 11.3 Å². The van der Waals surface area contributed by atoms with Gasteiger partial charge in [0.1, 0.15) is 5.54 Å². The van der Waals surface area contributed by atoms with Gasteiger partial charge in [0.2, 0.25) is 0 Å².